The number of anilines is 6. The maximum Gasteiger partial charge on any atom is 0.248 e. The maximum absolute atomic E-state index is 3.00. The highest BCUT2D eigenvalue weighted by atomic mass is 15.3. The Morgan fingerprint density at radius 3 is 1.76 bits per heavy atom. The second-order valence-electron chi connectivity index (χ2n) is 26.2. The molecular weight excluding hydrogens is 810 g/mol. The monoisotopic (exact) mass is 886 g/mol. The van der Waals surface area contributed by atoms with Crippen LogP contribution in [0.2, 0.25) is 0 Å². The van der Waals surface area contributed by atoms with Crippen molar-refractivity contribution in [1.82, 2.24) is 0 Å². The van der Waals surface area contributed by atoms with Crippen LogP contribution in [0.4, 0.5) is 34.1 Å². The van der Waals surface area contributed by atoms with Crippen LogP contribution in [0.15, 0.2) is 78.3 Å². The van der Waals surface area contributed by atoms with E-state index in [2.05, 4.69) is 198 Å². The van der Waals surface area contributed by atoms with Crippen LogP contribution in [0, 0.1) is 27.7 Å². The molecule has 0 N–H and O–H groups in total. The fourth-order valence-corrected chi connectivity index (χ4v) is 16.3. The third-order valence-electron chi connectivity index (χ3n) is 20.1. The van der Waals surface area contributed by atoms with Gasteiger partial charge >= 0.3 is 0 Å². The molecule has 3 nitrogen and oxygen atoms in total. The summed E-state index contributed by atoms with van der Waals surface area (Å²) in [6.07, 6.45) is 9.90. The van der Waals surface area contributed by atoms with Gasteiger partial charge in [-0.3, -0.25) is 0 Å². The summed E-state index contributed by atoms with van der Waals surface area (Å²) in [7, 11) is 0. The second-order valence-corrected chi connectivity index (χ2v) is 26.2. The number of rotatable bonds is 2. The zero-order valence-corrected chi connectivity index (χ0v) is 44.0. The van der Waals surface area contributed by atoms with Crippen LogP contribution in [0.25, 0.3) is 5.70 Å². The molecule has 4 aliphatic heterocycles. The van der Waals surface area contributed by atoms with E-state index in [1.165, 1.54) is 135 Å². The van der Waals surface area contributed by atoms with Gasteiger partial charge in [-0.25, -0.2) is 0 Å². The average molecular weight is 886 g/mol. The number of benzene rings is 5. The van der Waals surface area contributed by atoms with E-state index in [1.54, 1.807) is 27.7 Å². The minimum atomic E-state index is -0.197. The van der Waals surface area contributed by atoms with E-state index in [9.17, 15) is 0 Å². The van der Waals surface area contributed by atoms with Crippen molar-refractivity contribution in [2.24, 2.45) is 0 Å². The van der Waals surface area contributed by atoms with E-state index in [0.717, 1.165) is 0 Å². The van der Waals surface area contributed by atoms with Crippen molar-refractivity contribution in [3.8, 4) is 0 Å². The van der Waals surface area contributed by atoms with Crippen molar-refractivity contribution in [3.05, 3.63) is 134 Å². The van der Waals surface area contributed by atoms with E-state index < -0.39 is 0 Å². The SMILES string of the molecule is Cc1cc(C)c2c3c1B1C4=C(c5ccccc5C4(C)C)N(c4c(C)cc(C(C)(C)C)cc4C)c4cc(N5c6ccc(C(C)(C)C)cc6C6(C)CCCCC56C)cc(c41)N3C1(C)CCCCC21C. The van der Waals surface area contributed by atoms with Gasteiger partial charge in [0.25, 0.3) is 0 Å². The molecule has 0 radical (unpaired) electrons. The lowest BCUT2D eigenvalue weighted by molar-refractivity contribution is 0.193. The molecule has 4 heteroatoms. The molecule has 0 saturated heterocycles. The predicted molar refractivity (Wildman–Crippen MR) is 288 cm³/mol. The van der Waals surface area contributed by atoms with Crippen molar-refractivity contribution in [1.29, 1.82) is 0 Å². The Kier molecular flexibility index (Phi) is 8.67. The zero-order chi connectivity index (χ0) is 47.5. The molecule has 2 saturated carbocycles. The quantitative estimate of drug-likeness (QED) is 0.164. The summed E-state index contributed by atoms with van der Waals surface area (Å²) in [5, 5.41) is 0. The molecule has 5 aromatic rings. The van der Waals surface area contributed by atoms with Gasteiger partial charge < -0.3 is 14.7 Å². The van der Waals surface area contributed by atoms with E-state index in [1.807, 2.05) is 0 Å². The van der Waals surface area contributed by atoms with Crippen molar-refractivity contribution in [3.63, 3.8) is 0 Å². The topological polar surface area (TPSA) is 9.72 Å². The molecule has 7 aliphatic rings. The van der Waals surface area contributed by atoms with Gasteiger partial charge in [-0.2, -0.15) is 0 Å². The van der Waals surface area contributed by atoms with Crippen LogP contribution in [0.3, 0.4) is 0 Å². The Morgan fingerprint density at radius 2 is 1.10 bits per heavy atom. The molecule has 0 bridgehead atoms. The molecule has 4 heterocycles. The van der Waals surface area contributed by atoms with E-state index in [4.69, 9.17) is 0 Å². The smallest absolute Gasteiger partial charge is 0.248 e. The van der Waals surface area contributed by atoms with Crippen molar-refractivity contribution in [2.75, 3.05) is 14.7 Å². The zero-order valence-electron chi connectivity index (χ0n) is 44.0. The maximum atomic E-state index is 3.00. The molecule has 12 rings (SSSR count). The van der Waals surface area contributed by atoms with Crippen LogP contribution < -0.4 is 25.6 Å². The van der Waals surface area contributed by atoms with Gasteiger partial charge in [0.05, 0.1) is 16.8 Å². The first kappa shape index (κ1) is 43.6. The number of hydrogen-bond donors (Lipinski definition) is 0. The molecule has 4 unspecified atom stereocenters. The average Bonchev–Trinajstić information content (AvgIpc) is 3.72. The van der Waals surface area contributed by atoms with Crippen LogP contribution in [0.5, 0.6) is 0 Å². The molecule has 346 valence electrons. The molecule has 2 fully saturated rings. The molecule has 0 amide bonds. The minimum absolute atomic E-state index is 0.0207. The first-order valence-electron chi connectivity index (χ1n) is 26.2. The molecule has 5 aromatic carbocycles. The Labute approximate surface area is 404 Å². The summed E-state index contributed by atoms with van der Waals surface area (Å²) in [6, 6.07) is 30.2. The van der Waals surface area contributed by atoms with Gasteiger partial charge in [0.15, 0.2) is 0 Å². The number of aryl methyl sites for hydroxylation is 4. The number of fused-ring (bicyclic) bond motifs is 11. The van der Waals surface area contributed by atoms with Crippen LogP contribution in [-0.2, 0) is 27.1 Å². The highest BCUT2D eigenvalue weighted by Gasteiger charge is 2.64. The highest BCUT2D eigenvalue weighted by molar-refractivity contribution is 6.96. The highest BCUT2D eigenvalue weighted by Crippen LogP contribution is 2.67. The molecule has 67 heavy (non-hydrogen) atoms. The van der Waals surface area contributed by atoms with Crippen LogP contribution in [0.1, 0.15) is 190 Å². The molecule has 4 atom stereocenters. The lowest BCUT2D eigenvalue weighted by Gasteiger charge is -2.54. The summed E-state index contributed by atoms with van der Waals surface area (Å²) in [5.74, 6) is 0. The summed E-state index contributed by atoms with van der Waals surface area (Å²) in [4.78, 5) is 8.72. The Morgan fingerprint density at radius 1 is 0.507 bits per heavy atom. The summed E-state index contributed by atoms with van der Waals surface area (Å²) >= 11 is 0. The summed E-state index contributed by atoms with van der Waals surface area (Å²) in [5.41, 5.74) is 28.9. The fraction of sp³-hybridized carbons (Fsp3) is 0.492. The number of allylic oxidation sites excluding steroid dienone is 1. The van der Waals surface area contributed by atoms with Gasteiger partial charge in [-0.1, -0.05) is 161 Å². The van der Waals surface area contributed by atoms with Gasteiger partial charge in [-0.15, -0.1) is 0 Å². The molecule has 0 aromatic heterocycles. The molecule has 3 aliphatic carbocycles. The first-order chi connectivity index (χ1) is 31.4. The largest absolute Gasteiger partial charge is 0.335 e. The standard InChI is InChI=1S/C63H76BN3/c1-37-31-38(2)51-55-50(37)61(14)28-20-22-30-63(61,16)67(55)49-36-43(66-47-26-25-41(57(5,6)7)34-46(47)60(13)27-19-21-29-62(60,66)15)35-48-52(49)64(51)56-54(44-23-17-18-24-45(44)59(56,11)12)65(48)53-39(3)32-42(33-40(53)4)58(8,9)10/h17-18,23-26,31-36H,19-22,27-30H2,1-16H3. The normalized spacial score (nSPS) is 27.4. The Hall–Kier alpha value is -4.70. The Balaban J connectivity index is 1.25. The summed E-state index contributed by atoms with van der Waals surface area (Å²) in [6.45, 7) is 39.8. The van der Waals surface area contributed by atoms with Gasteiger partial charge in [0.2, 0.25) is 6.71 Å². The first-order valence-corrected chi connectivity index (χ1v) is 26.2. The predicted octanol–water partition coefficient (Wildman–Crippen LogP) is 15.3. The Bertz CT molecular complexity index is 3040. The molecular formula is C63H76BN3. The number of hydrogen-bond acceptors (Lipinski definition) is 3. The van der Waals surface area contributed by atoms with Gasteiger partial charge in [-0.05, 0) is 152 Å². The van der Waals surface area contributed by atoms with Crippen molar-refractivity contribution >= 4 is 57.5 Å². The van der Waals surface area contributed by atoms with E-state index in [0.29, 0.717) is 0 Å². The third-order valence-corrected chi connectivity index (χ3v) is 20.1. The lowest BCUT2D eigenvalue weighted by atomic mass is 9.29. The summed E-state index contributed by atoms with van der Waals surface area (Å²) < 4.78 is 0. The van der Waals surface area contributed by atoms with Gasteiger partial charge in [0.1, 0.15) is 0 Å². The van der Waals surface area contributed by atoms with Gasteiger partial charge in [0, 0.05) is 55.9 Å². The van der Waals surface area contributed by atoms with E-state index in [-0.39, 0.29) is 44.9 Å². The fourth-order valence-electron chi connectivity index (χ4n) is 16.3. The van der Waals surface area contributed by atoms with Crippen molar-refractivity contribution < 1.29 is 0 Å². The van der Waals surface area contributed by atoms with Crippen molar-refractivity contribution in [2.45, 2.75) is 200 Å². The lowest BCUT2D eigenvalue weighted by Crippen LogP contribution is -2.62. The second kappa shape index (κ2) is 13.3. The minimum Gasteiger partial charge on any atom is -0.335 e. The number of nitrogens with zero attached hydrogens (tertiary/aromatic N) is 3. The molecule has 0 spiro atoms. The van der Waals surface area contributed by atoms with Crippen LogP contribution in [-0.4, -0.2) is 17.8 Å². The van der Waals surface area contributed by atoms with E-state index >= 15 is 0 Å². The van der Waals surface area contributed by atoms with Crippen LogP contribution >= 0.6 is 0 Å². The third kappa shape index (κ3) is 5.22.